The fourth-order valence-corrected chi connectivity index (χ4v) is 2.94. The number of phenolic OH excluding ortho intramolecular Hbond substituents is 1. The first-order valence-electron chi connectivity index (χ1n) is 7.25. The maximum absolute atomic E-state index is 10.0. The lowest BCUT2D eigenvalue weighted by molar-refractivity contribution is 0.217. The minimum Gasteiger partial charge on any atom is -0.508 e. The van der Waals surface area contributed by atoms with Crippen molar-refractivity contribution in [2.24, 2.45) is 5.92 Å². The summed E-state index contributed by atoms with van der Waals surface area (Å²) in [6.07, 6.45) is 0.947. The summed E-state index contributed by atoms with van der Waals surface area (Å²) in [5, 5.41) is 13.6. The van der Waals surface area contributed by atoms with Gasteiger partial charge in [0.2, 0.25) is 0 Å². The lowest BCUT2D eigenvalue weighted by Crippen LogP contribution is -2.42. The minimum absolute atomic E-state index is 0.175. The highest BCUT2D eigenvalue weighted by Crippen LogP contribution is 2.29. The second-order valence-electron chi connectivity index (χ2n) is 5.85. The van der Waals surface area contributed by atoms with Gasteiger partial charge in [-0.15, -0.1) is 0 Å². The van der Waals surface area contributed by atoms with Gasteiger partial charge in [0.15, 0.2) is 0 Å². The summed E-state index contributed by atoms with van der Waals surface area (Å²) in [6, 6.07) is 6.26. The van der Waals surface area contributed by atoms with E-state index in [0.717, 1.165) is 23.0 Å². The molecule has 1 aromatic rings. The average Bonchev–Trinajstić information content (AvgIpc) is 2.37. The molecule has 0 saturated carbocycles. The van der Waals surface area contributed by atoms with Crippen LogP contribution in [0.5, 0.6) is 5.75 Å². The van der Waals surface area contributed by atoms with Crippen LogP contribution in [0.3, 0.4) is 0 Å². The van der Waals surface area contributed by atoms with Crippen LogP contribution in [0.4, 0.5) is 0 Å². The molecule has 2 atom stereocenters. The van der Waals surface area contributed by atoms with Crippen LogP contribution in [0, 0.1) is 5.92 Å². The summed E-state index contributed by atoms with van der Waals surface area (Å²) < 4.78 is 0.999. The molecule has 4 heteroatoms. The van der Waals surface area contributed by atoms with E-state index < -0.39 is 0 Å². The number of hydrogen-bond acceptors (Lipinski definition) is 3. The van der Waals surface area contributed by atoms with E-state index >= 15 is 0 Å². The molecule has 3 nitrogen and oxygen atoms in total. The molecule has 114 valence electrons. The van der Waals surface area contributed by atoms with E-state index in [9.17, 15) is 5.11 Å². The van der Waals surface area contributed by atoms with Crippen molar-refractivity contribution in [2.75, 3.05) is 20.6 Å². The molecule has 0 aliphatic carbocycles. The molecule has 20 heavy (non-hydrogen) atoms. The third kappa shape index (κ3) is 4.76. The molecular weight excluding hydrogens is 316 g/mol. The van der Waals surface area contributed by atoms with E-state index in [1.54, 1.807) is 6.07 Å². The zero-order valence-corrected chi connectivity index (χ0v) is 14.7. The van der Waals surface area contributed by atoms with Crippen molar-refractivity contribution < 1.29 is 5.11 Å². The average molecular weight is 343 g/mol. The first kappa shape index (κ1) is 17.5. The Bertz CT molecular complexity index is 413. The molecule has 0 aliphatic heterocycles. The van der Waals surface area contributed by atoms with Crippen LogP contribution in [0.15, 0.2) is 22.7 Å². The van der Waals surface area contributed by atoms with Gasteiger partial charge in [-0.25, -0.2) is 0 Å². The van der Waals surface area contributed by atoms with Crippen LogP contribution >= 0.6 is 15.9 Å². The molecular formula is C16H27BrN2O. The molecule has 0 radical (unpaired) electrons. The van der Waals surface area contributed by atoms with E-state index in [2.05, 4.69) is 61.0 Å². The fourth-order valence-electron chi connectivity index (χ4n) is 2.56. The molecule has 0 saturated heterocycles. The Hall–Kier alpha value is -0.580. The summed E-state index contributed by atoms with van der Waals surface area (Å²) in [5.41, 5.74) is 0.961. The van der Waals surface area contributed by atoms with Crippen LogP contribution < -0.4 is 5.32 Å². The highest BCUT2D eigenvalue weighted by Gasteiger charge is 2.19. The number of rotatable bonds is 7. The zero-order valence-electron chi connectivity index (χ0n) is 13.2. The Morgan fingerprint density at radius 1 is 1.30 bits per heavy atom. The summed E-state index contributed by atoms with van der Waals surface area (Å²) in [5.74, 6) is 0.949. The van der Waals surface area contributed by atoms with Crippen LogP contribution in [0.25, 0.3) is 0 Å². The number of nitrogens with zero attached hydrogens (tertiary/aromatic N) is 1. The summed E-state index contributed by atoms with van der Waals surface area (Å²) >= 11 is 3.47. The second-order valence-corrected chi connectivity index (χ2v) is 6.76. The van der Waals surface area contributed by atoms with Gasteiger partial charge in [-0.2, -0.15) is 0 Å². The summed E-state index contributed by atoms with van der Waals surface area (Å²) in [6.45, 7) is 7.53. The molecule has 0 bridgehead atoms. The Morgan fingerprint density at radius 3 is 2.45 bits per heavy atom. The monoisotopic (exact) mass is 342 g/mol. The molecule has 0 fully saturated rings. The van der Waals surface area contributed by atoms with Crippen molar-refractivity contribution in [1.29, 1.82) is 0 Å². The predicted octanol–water partition coefficient (Wildman–Crippen LogP) is 3.78. The van der Waals surface area contributed by atoms with E-state index in [0.29, 0.717) is 17.7 Å². The van der Waals surface area contributed by atoms with E-state index in [1.165, 1.54) is 0 Å². The van der Waals surface area contributed by atoms with E-state index in [-0.39, 0.29) is 6.04 Å². The normalized spacial score (nSPS) is 14.8. The summed E-state index contributed by atoms with van der Waals surface area (Å²) in [4.78, 5) is 2.26. The fraction of sp³-hybridized carbons (Fsp3) is 0.625. The standard InChI is InChI=1S/C16H27BrN2O/c1-6-14(13-9-12(17)7-8-16(13)20)18-10-15(11(2)3)19(4)5/h7-9,11,14-15,18,20H,6,10H2,1-5H3. The highest BCUT2D eigenvalue weighted by molar-refractivity contribution is 9.10. The SMILES string of the molecule is CCC(NCC(C(C)C)N(C)C)c1cc(Br)ccc1O. The quantitative estimate of drug-likeness (QED) is 0.791. The molecule has 1 aromatic carbocycles. The van der Waals surface area contributed by atoms with Crippen molar-refractivity contribution >= 4 is 15.9 Å². The largest absolute Gasteiger partial charge is 0.508 e. The van der Waals surface area contributed by atoms with Crippen molar-refractivity contribution in [2.45, 2.75) is 39.3 Å². The predicted molar refractivity (Wildman–Crippen MR) is 89.2 cm³/mol. The molecule has 0 aliphatic rings. The lowest BCUT2D eigenvalue weighted by Gasteiger charge is -2.30. The van der Waals surface area contributed by atoms with Crippen LogP contribution in [-0.4, -0.2) is 36.7 Å². The summed E-state index contributed by atoms with van der Waals surface area (Å²) in [7, 11) is 4.23. The Labute approximate surface area is 131 Å². The second kappa shape index (κ2) is 8.01. The first-order valence-corrected chi connectivity index (χ1v) is 8.04. The van der Waals surface area contributed by atoms with Gasteiger partial charge in [-0.1, -0.05) is 36.7 Å². The van der Waals surface area contributed by atoms with Crippen molar-refractivity contribution in [1.82, 2.24) is 10.2 Å². The third-order valence-corrected chi connectivity index (χ3v) is 4.27. The maximum atomic E-state index is 10.0. The van der Waals surface area contributed by atoms with Gasteiger partial charge in [-0.3, -0.25) is 0 Å². The minimum atomic E-state index is 0.175. The third-order valence-electron chi connectivity index (χ3n) is 3.78. The Morgan fingerprint density at radius 2 is 1.95 bits per heavy atom. The molecule has 2 N–H and O–H groups in total. The van der Waals surface area contributed by atoms with Crippen molar-refractivity contribution in [3.05, 3.63) is 28.2 Å². The highest BCUT2D eigenvalue weighted by atomic mass is 79.9. The topological polar surface area (TPSA) is 35.5 Å². The van der Waals surface area contributed by atoms with Crippen LogP contribution in [-0.2, 0) is 0 Å². The zero-order chi connectivity index (χ0) is 15.3. The molecule has 0 heterocycles. The van der Waals surface area contributed by atoms with Gasteiger partial charge in [-0.05, 0) is 44.6 Å². The molecule has 2 unspecified atom stereocenters. The van der Waals surface area contributed by atoms with Crippen molar-refractivity contribution in [3.63, 3.8) is 0 Å². The van der Waals surface area contributed by atoms with Crippen LogP contribution in [0.2, 0.25) is 0 Å². The number of aromatic hydroxyl groups is 1. The Kier molecular flexibility index (Phi) is 7.00. The smallest absolute Gasteiger partial charge is 0.120 e. The van der Waals surface area contributed by atoms with Crippen molar-refractivity contribution in [3.8, 4) is 5.75 Å². The van der Waals surface area contributed by atoms with Crippen LogP contribution in [0.1, 0.15) is 38.8 Å². The van der Waals surface area contributed by atoms with Gasteiger partial charge < -0.3 is 15.3 Å². The number of halogens is 1. The van der Waals surface area contributed by atoms with Gasteiger partial charge in [0.25, 0.3) is 0 Å². The van der Waals surface area contributed by atoms with E-state index in [4.69, 9.17) is 0 Å². The maximum Gasteiger partial charge on any atom is 0.120 e. The molecule has 1 rings (SSSR count). The van der Waals surface area contributed by atoms with Gasteiger partial charge in [0, 0.05) is 28.7 Å². The molecule has 0 aromatic heterocycles. The number of likely N-dealkylation sites (N-methyl/N-ethyl adjacent to an activating group) is 1. The first-order chi connectivity index (χ1) is 9.36. The number of hydrogen-bond donors (Lipinski definition) is 2. The lowest BCUT2D eigenvalue weighted by atomic mass is 10.00. The van der Waals surface area contributed by atoms with Gasteiger partial charge in [0.1, 0.15) is 5.75 Å². The van der Waals surface area contributed by atoms with Gasteiger partial charge >= 0.3 is 0 Å². The van der Waals surface area contributed by atoms with Gasteiger partial charge in [0.05, 0.1) is 0 Å². The van der Waals surface area contributed by atoms with E-state index in [1.807, 2.05) is 12.1 Å². The molecule has 0 amide bonds. The number of benzene rings is 1. The number of nitrogens with one attached hydrogen (secondary N) is 1. The molecule has 0 spiro atoms. The number of phenols is 1. The Balaban J connectivity index is 2.79.